The van der Waals surface area contributed by atoms with E-state index in [1.54, 1.807) is 18.3 Å². The number of piperidine rings is 1. The van der Waals surface area contributed by atoms with Crippen molar-refractivity contribution in [2.75, 3.05) is 25.0 Å². The summed E-state index contributed by atoms with van der Waals surface area (Å²) in [6.07, 6.45) is 3.60. The first kappa shape index (κ1) is 23.5. The van der Waals surface area contributed by atoms with E-state index in [0.29, 0.717) is 49.8 Å². The van der Waals surface area contributed by atoms with Crippen LogP contribution in [-0.2, 0) is 4.74 Å². The van der Waals surface area contributed by atoms with Gasteiger partial charge in [-0.1, -0.05) is 0 Å². The van der Waals surface area contributed by atoms with E-state index in [0.717, 1.165) is 11.3 Å². The molecule has 0 aliphatic carbocycles. The van der Waals surface area contributed by atoms with E-state index in [-0.39, 0.29) is 23.9 Å². The third-order valence-corrected chi connectivity index (χ3v) is 6.75. The molecular weight excluding hydrogens is 421 g/mol. The fourth-order valence-electron chi connectivity index (χ4n) is 4.64. The van der Waals surface area contributed by atoms with Gasteiger partial charge in [0.05, 0.1) is 24.1 Å². The topological polar surface area (TPSA) is 54.9 Å². The average Bonchev–Trinajstić information content (AvgIpc) is 2.79. The van der Waals surface area contributed by atoms with Crippen LogP contribution in [0.2, 0.25) is 0 Å². The molecule has 2 aliphatic rings. The first-order chi connectivity index (χ1) is 15.7. The van der Waals surface area contributed by atoms with E-state index in [1.165, 1.54) is 12.1 Å². The van der Waals surface area contributed by atoms with Gasteiger partial charge in [-0.25, -0.2) is 9.37 Å². The Kier molecular flexibility index (Phi) is 6.61. The van der Waals surface area contributed by atoms with E-state index in [2.05, 4.69) is 23.7 Å². The van der Waals surface area contributed by atoms with Crippen LogP contribution in [0.25, 0.3) is 0 Å². The van der Waals surface area contributed by atoms with Crippen molar-refractivity contribution in [3.8, 4) is 5.75 Å². The molecule has 0 N–H and O–H groups in total. The number of hydrogen-bond donors (Lipinski definition) is 0. The van der Waals surface area contributed by atoms with Crippen molar-refractivity contribution in [3.05, 3.63) is 53.6 Å². The summed E-state index contributed by atoms with van der Waals surface area (Å²) in [6, 6.07) is 8.73. The Labute approximate surface area is 195 Å². The number of nitrogens with zero attached hydrogens (tertiary/aromatic N) is 3. The number of rotatable bonds is 5. The highest BCUT2D eigenvalue weighted by Crippen LogP contribution is 2.46. The number of likely N-dealkylation sites (tertiary alicyclic amines) is 1. The van der Waals surface area contributed by atoms with Crippen LogP contribution in [0.1, 0.15) is 69.1 Å². The lowest BCUT2D eigenvalue weighted by Gasteiger charge is -2.47. The van der Waals surface area contributed by atoms with E-state index in [9.17, 15) is 9.18 Å². The van der Waals surface area contributed by atoms with Gasteiger partial charge < -0.3 is 19.3 Å². The monoisotopic (exact) mass is 455 g/mol. The van der Waals surface area contributed by atoms with Crippen LogP contribution < -0.4 is 9.64 Å². The Balaban J connectivity index is 1.45. The van der Waals surface area contributed by atoms with Gasteiger partial charge in [0.1, 0.15) is 22.9 Å². The fraction of sp³-hybridized carbons (Fsp3) is 0.538. The molecule has 2 aliphatic heterocycles. The van der Waals surface area contributed by atoms with Crippen molar-refractivity contribution < 1.29 is 18.7 Å². The number of aromatic nitrogens is 1. The first-order valence-corrected chi connectivity index (χ1v) is 11.8. The van der Waals surface area contributed by atoms with Crippen molar-refractivity contribution in [2.45, 2.75) is 70.8 Å². The normalized spacial score (nSPS) is 19.5. The lowest BCUT2D eigenvalue weighted by Crippen LogP contribution is -2.52. The van der Waals surface area contributed by atoms with E-state index >= 15 is 0 Å². The number of benzene rings is 1. The highest BCUT2D eigenvalue weighted by Gasteiger charge is 2.45. The molecule has 1 spiro atoms. The van der Waals surface area contributed by atoms with Crippen molar-refractivity contribution in [1.82, 2.24) is 9.88 Å². The van der Waals surface area contributed by atoms with E-state index in [1.807, 2.05) is 31.9 Å². The lowest BCUT2D eigenvalue weighted by molar-refractivity contribution is -0.0874. The predicted molar refractivity (Wildman–Crippen MR) is 126 cm³/mol. The number of carbonyl (C=O) groups excluding carboxylic acids is 1. The smallest absolute Gasteiger partial charge is 0.272 e. The summed E-state index contributed by atoms with van der Waals surface area (Å²) in [5.74, 6) is 0.334. The van der Waals surface area contributed by atoms with Gasteiger partial charge in [0, 0.05) is 51.0 Å². The number of ether oxygens (including phenoxy) is 2. The van der Waals surface area contributed by atoms with Crippen LogP contribution in [0.15, 0.2) is 36.5 Å². The van der Waals surface area contributed by atoms with Gasteiger partial charge >= 0.3 is 0 Å². The van der Waals surface area contributed by atoms with Crippen molar-refractivity contribution >= 4 is 11.6 Å². The van der Waals surface area contributed by atoms with Crippen molar-refractivity contribution in [3.63, 3.8) is 0 Å². The molecule has 1 aromatic carbocycles. The maximum Gasteiger partial charge on any atom is 0.272 e. The van der Waals surface area contributed by atoms with Gasteiger partial charge in [-0.2, -0.15) is 0 Å². The average molecular weight is 456 g/mol. The molecule has 0 saturated carbocycles. The second-order valence-corrected chi connectivity index (χ2v) is 9.74. The zero-order chi connectivity index (χ0) is 23.8. The molecule has 0 bridgehead atoms. The SMILES string of the molecule is CC(C)O[C@@H]1CC2(CCN(C(=O)c3ccc(N(C)C(C)C)cn3)CC2)Oc2ccc(F)cc21. The minimum atomic E-state index is -0.418. The van der Waals surface area contributed by atoms with Gasteiger partial charge in [0.2, 0.25) is 0 Å². The van der Waals surface area contributed by atoms with Gasteiger partial charge in [-0.3, -0.25) is 4.79 Å². The van der Waals surface area contributed by atoms with Crippen LogP contribution in [0.4, 0.5) is 10.1 Å². The van der Waals surface area contributed by atoms with E-state index in [4.69, 9.17) is 9.47 Å². The molecule has 3 heterocycles. The first-order valence-electron chi connectivity index (χ1n) is 11.8. The summed E-state index contributed by atoms with van der Waals surface area (Å²) < 4.78 is 26.5. The predicted octanol–water partition coefficient (Wildman–Crippen LogP) is 4.99. The summed E-state index contributed by atoms with van der Waals surface area (Å²) >= 11 is 0. The molecule has 1 aromatic heterocycles. The summed E-state index contributed by atoms with van der Waals surface area (Å²) in [5.41, 5.74) is 1.79. The molecule has 4 rings (SSSR count). The Morgan fingerprint density at radius 3 is 2.55 bits per heavy atom. The van der Waals surface area contributed by atoms with Crippen LogP contribution in [-0.4, -0.2) is 53.7 Å². The van der Waals surface area contributed by atoms with Gasteiger partial charge in [-0.05, 0) is 58.0 Å². The highest BCUT2D eigenvalue weighted by atomic mass is 19.1. The zero-order valence-corrected chi connectivity index (χ0v) is 20.2. The second kappa shape index (κ2) is 9.29. The summed E-state index contributed by atoms with van der Waals surface area (Å²) in [7, 11) is 2.01. The summed E-state index contributed by atoms with van der Waals surface area (Å²) in [4.78, 5) is 21.5. The van der Waals surface area contributed by atoms with E-state index < -0.39 is 5.60 Å². The molecule has 7 heteroatoms. The maximum absolute atomic E-state index is 13.9. The van der Waals surface area contributed by atoms with Crippen LogP contribution in [0.3, 0.4) is 0 Å². The summed E-state index contributed by atoms with van der Waals surface area (Å²) in [6.45, 7) is 9.36. The van der Waals surface area contributed by atoms with Gasteiger partial charge in [0.25, 0.3) is 5.91 Å². The molecule has 0 radical (unpaired) electrons. The molecular formula is C26H34FN3O3. The molecule has 6 nitrogen and oxygen atoms in total. The lowest BCUT2D eigenvalue weighted by atomic mass is 9.81. The fourth-order valence-corrected chi connectivity index (χ4v) is 4.64. The summed E-state index contributed by atoms with van der Waals surface area (Å²) in [5, 5.41) is 0. The number of amides is 1. The number of hydrogen-bond acceptors (Lipinski definition) is 5. The number of halogens is 1. The van der Waals surface area contributed by atoms with Gasteiger partial charge in [0.15, 0.2) is 0 Å². The molecule has 1 fully saturated rings. The maximum atomic E-state index is 13.9. The Bertz CT molecular complexity index is 985. The molecule has 0 unspecified atom stereocenters. The van der Waals surface area contributed by atoms with Crippen molar-refractivity contribution in [1.29, 1.82) is 0 Å². The van der Waals surface area contributed by atoms with Crippen LogP contribution in [0, 0.1) is 5.82 Å². The Morgan fingerprint density at radius 1 is 1.21 bits per heavy atom. The second-order valence-electron chi connectivity index (χ2n) is 9.74. The Hall–Kier alpha value is -2.67. The molecule has 1 amide bonds. The molecule has 1 saturated heterocycles. The minimum Gasteiger partial charge on any atom is -0.487 e. The Morgan fingerprint density at radius 2 is 1.94 bits per heavy atom. The zero-order valence-electron chi connectivity index (χ0n) is 20.2. The van der Waals surface area contributed by atoms with Crippen LogP contribution >= 0.6 is 0 Å². The molecule has 178 valence electrons. The van der Waals surface area contributed by atoms with Gasteiger partial charge in [-0.15, -0.1) is 0 Å². The third kappa shape index (κ3) is 4.98. The quantitative estimate of drug-likeness (QED) is 0.636. The minimum absolute atomic E-state index is 0.0201. The number of carbonyl (C=O) groups is 1. The number of pyridine rings is 1. The third-order valence-electron chi connectivity index (χ3n) is 6.75. The number of fused-ring (bicyclic) bond motifs is 1. The molecule has 1 atom stereocenters. The molecule has 33 heavy (non-hydrogen) atoms. The molecule has 2 aromatic rings. The highest BCUT2D eigenvalue weighted by molar-refractivity contribution is 5.92. The number of anilines is 1. The largest absolute Gasteiger partial charge is 0.487 e. The van der Waals surface area contributed by atoms with Crippen molar-refractivity contribution in [2.24, 2.45) is 0 Å². The standard InChI is InChI=1S/C26H34FN3O3/c1-17(2)29(5)20-7-8-22(28-16-20)25(31)30-12-10-26(11-13-30)15-24(32-18(3)4)21-14-19(27)6-9-23(21)33-26/h6-9,14,16-18,24H,10-13,15H2,1-5H3/t24-/m1/s1. The van der Waals surface area contributed by atoms with Crippen LogP contribution in [0.5, 0.6) is 5.75 Å².